The molecule has 102 valence electrons. The summed E-state index contributed by atoms with van der Waals surface area (Å²) in [5, 5.41) is 11.5. The molecule has 0 unspecified atom stereocenters. The summed E-state index contributed by atoms with van der Waals surface area (Å²) in [5.74, 6) is 2.28. The second kappa shape index (κ2) is 4.96. The van der Waals surface area contributed by atoms with Gasteiger partial charge in [-0.2, -0.15) is 0 Å². The van der Waals surface area contributed by atoms with E-state index in [1.807, 2.05) is 0 Å². The van der Waals surface area contributed by atoms with Crippen LogP contribution in [0.5, 0.6) is 23.1 Å². The summed E-state index contributed by atoms with van der Waals surface area (Å²) >= 11 is 0. The van der Waals surface area contributed by atoms with Gasteiger partial charge in [0.2, 0.25) is 12.7 Å². The smallest absolute Gasteiger partial charge is 0.231 e. The van der Waals surface area contributed by atoms with Crippen molar-refractivity contribution in [1.82, 2.24) is 4.98 Å². The zero-order chi connectivity index (χ0) is 13.9. The lowest BCUT2D eigenvalue weighted by Gasteiger charge is -2.06. The molecule has 20 heavy (non-hydrogen) atoms. The summed E-state index contributed by atoms with van der Waals surface area (Å²) in [6.07, 6.45) is 1.46. The summed E-state index contributed by atoms with van der Waals surface area (Å²) in [7, 11) is 0. The van der Waals surface area contributed by atoms with Crippen molar-refractivity contribution in [2.24, 2.45) is 10.9 Å². The number of nitrogens with zero attached hydrogens (tertiary/aromatic N) is 2. The highest BCUT2D eigenvalue weighted by Gasteiger charge is 2.14. The van der Waals surface area contributed by atoms with Crippen LogP contribution in [0.2, 0.25) is 0 Å². The van der Waals surface area contributed by atoms with Gasteiger partial charge in [0, 0.05) is 23.9 Å². The largest absolute Gasteiger partial charge is 0.454 e. The normalized spacial score (nSPS) is 13.3. The molecule has 0 aliphatic carbocycles. The molecule has 0 radical (unpaired) electrons. The molecular formula is C13H11N3O4. The summed E-state index contributed by atoms with van der Waals surface area (Å²) in [4.78, 5) is 4.07. The van der Waals surface area contributed by atoms with Crippen molar-refractivity contribution < 1.29 is 19.4 Å². The van der Waals surface area contributed by atoms with Gasteiger partial charge in [-0.25, -0.2) is 4.98 Å². The minimum atomic E-state index is -0.00729. The highest BCUT2D eigenvalue weighted by atomic mass is 16.7. The predicted octanol–water partition coefficient (Wildman–Crippen LogP) is 1.70. The molecule has 0 spiro atoms. The molecule has 1 aromatic heterocycles. The van der Waals surface area contributed by atoms with Crippen LogP contribution in [0.3, 0.4) is 0 Å². The first-order chi connectivity index (χ1) is 9.76. The lowest BCUT2D eigenvalue weighted by Crippen LogP contribution is -2.13. The average molecular weight is 273 g/mol. The van der Waals surface area contributed by atoms with E-state index in [0.717, 1.165) is 0 Å². The minimum absolute atomic E-state index is 0.00729. The average Bonchev–Trinajstić information content (AvgIpc) is 2.95. The van der Waals surface area contributed by atoms with Crippen molar-refractivity contribution >= 4 is 5.84 Å². The molecule has 1 aliphatic rings. The predicted molar refractivity (Wildman–Crippen MR) is 69.4 cm³/mol. The third-order valence-electron chi connectivity index (χ3n) is 2.71. The molecule has 3 rings (SSSR count). The van der Waals surface area contributed by atoms with E-state index < -0.39 is 0 Å². The number of aromatic nitrogens is 1. The van der Waals surface area contributed by atoms with Crippen molar-refractivity contribution in [3.8, 4) is 23.1 Å². The Bertz CT molecular complexity index is 655. The Labute approximate surface area is 114 Å². The van der Waals surface area contributed by atoms with E-state index in [-0.39, 0.29) is 12.6 Å². The summed E-state index contributed by atoms with van der Waals surface area (Å²) in [5.41, 5.74) is 5.95. The number of oxime groups is 1. The first-order valence-corrected chi connectivity index (χ1v) is 5.78. The van der Waals surface area contributed by atoms with Crippen LogP contribution >= 0.6 is 0 Å². The molecule has 3 N–H and O–H groups in total. The van der Waals surface area contributed by atoms with Crippen LogP contribution in [0.1, 0.15) is 5.56 Å². The first-order valence-electron chi connectivity index (χ1n) is 5.78. The van der Waals surface area contributed by atoms with Crippen LogP contribution in [0.4, 0.5) is 0 Å². The van der Waals surface area contributed by atoms with E-state index in [0.29, 0.717) is 28.7 Å². The van der Waals surface area contributed by atoms with Gasteiger partial charge in [-0.15, -0.1) is 0 Å². The summed E-state index contributed by atoms with van der Waals surface area (Å²) in [6.45, 7) is 0.214. The van der Waals surface area contributed by atoms with Gasteiger partial charge in [-0.1, -0.05) is 5.16 Å². The van der Waals surface area contributed by atoms with E-state index in [4.69, 9.17) is 25.2 Å². The lowest BCUT2D eigenvalue weighted by molar-refractivity contribution is 0.174. The fourth-order valence-corrected chi connectivity index (χ4v) is 1.71. The van der Waals surface area contributed by atoms with Crippen molar-refractivity contribution in [2.45, 2.75) is 0 Å². The van der Waals surface area contributed by atoms with E-state index in [1.165, 1.54) is 6.20 Å². The monoisotopic (exact) mass is 273 g/mol. The number of fused-ring (bicyclic) bond motifs is 1. The Kier molecular flexibility index (Phi) is 3.00. The Morgan fingerprint density at radius 1 is 1.25 bits per heavy atom. The Morgan fingerprint density at radius 3 is 2.85 bits per heavy atom. The number of hydrogen-bond donors (Lipinski definition) is 2. The maximum absolute atomic E-state index is 8.56. The standard InChI is InChI=1S/C13H11N3O4/c14-13(16-17)8-1-4-12(15-6-8)20-9-2-3-10-11(5-9)19-7-18-10/h1-6,17H,7H2,(H2,14,16). The van der Waals surface area contributed by atoms with Gasteiger partial charge in [0.05, 0.1) is 0 Å². The van der Waals surface area contributed by atoms with Crippen LogP contribution in [-0.2, 0) is 0 Å². The minimum Gasteiger partial charge on any atom is -0.454 e. The van der Waals surface area contributed by atoms with Gasteiger partial charge >= 0.3 is 0 Å². The second-order valence-electron chi connectivity index (χ2n) is 3.99. The molecule has 0 atom stereocenters. The number of rotatable bonds is 3. The quantitative estimate of drug-likeness (QED) is 0.382. The highest BCUT2D eigenvalue weighted by Crippen LogP contribution is 2.36. The van der Waals surface area contributed by atoms with Gasteiger partial charge in [0.1, 0.15) is 5.75 Å². The molecule has 2 aromatic rings. The summed E-state index contributed by atoms with van der Waals surface area (Å²) in [6, 6.07) is 8.51. The fourth-order valence-electron chi connectivity index (χ4n) is 1.71. The van der Waals surface area contributed by atoms with Crippen LogP contribution in [0.25, 0.3) is 0 Å². The van der Waals surface area contributed by atoms with Gasteiger partial charge < -0.3 is 25.2 Å². The highest BCUT2D eigenvalue weighted by molar-refractivity contribution is 5.96. The molecule has 0 fully saturated rings. The van der Waals surface area contributed by atoms with Crippen LogP contribution in [0, 0.1) is 0 Å². The number of hydrogen-bond acceptors (Lipinski definition) is 6. The lowest BCUT2D eigenvalue weighted by atomic mass is 10.2. The van der Waals surface area contributed by atoms with Crippen molar-refractivity contribution in [3.63, 3.8) is 0 Å². The molecule has 1 aliphatic heterocycles. The van der Waals surface area contributed by atoms with Crippen molar-refractivity contribution in [3.05, 3.63) is 42.1 Å². The number of nitrogens with two attached hydrogens (primary N) is 1. The first kappa shape index (κ1) is 12.1. The Balaban J connectivity index is 1.78. The molecule has 0 saturated heterocycles. The van der Waals surface area contributed by atoms with Crippen LogP contribution < -0.4 is 19.9 Å². The van der Waals surface area contributed by atoms with Gasteiger partial charge in [0.15, 0.2) is 17.3 Å². The van der Waals surface area contributed by atoms with Crippen molar-refractivity contribution in [2.75, 3.05) is 6.79 Å². The summed E-state index contributed by atoms with van der Waals surface area (Å²) < 4.78 is 16.1. The zero-order valence-electron chi connectivity index (χ0n) is 10.3. The SMILES string of the molecule is N/C(=N\O)c1ccc(Oc2ccc3c(c2)OCO3)nc1. The number of pyridine rings is 1. The Morgan fingerprint density at radius 2 is 2.10 bits per heavy atom. The molecule has 0 saturated carbocycles. The second-order valence-corrected chi connectivity index (χ2v) is 3.99. The maximum atomic E-state index is 8.56. The Hall–Kier alpha value is -2.96. The van der Waals surface area contributed by atoms with E-state index >= 15 is 0 Å². The topological polar surface area (TPSA) is 99.2 Å². The van der Waals surface area contributed by atoms with Gasteiger partial charge in [-0.3, -0.25) is 0 Å². The molecular weight excluding hydrogens is 262 g/mol. The van der Waals surface area contributed by atoms with Crippen LogP contribution in [0.15, 0.2) is 41.7 Å². The molecule has 1 aromatic carbocycles. The van der Waals surface area contributed by atoms with Crippen LogP contribution in [-0.4, -0.2) is 22.8 Å². The number of amidine groups is 1. The van der Waals surface area contributed by atoms with Crippen molar-refractivity contribution in [1.29, 1.82) is 0 Å². The van der Waals surface area contributed by atoms with Gasteiger partial charge in [0.25, 0.3) is 0 Å². The molecule has 7 nitrogen and oxygen atoms in total. The fraction of sp³-hybridized carbons (Fsp3) is 0.0769. The van der Waals surface area contributed by atoms with Gasteiger partial charge in [-0.05, 0) is 18.2 Å². The molecule has 2 heterocycles. The third kappa shape index (κ3) is 2.28. The maximum Gasteiger partial charge on any atom is 0.231 e. The number of ether oxygens (including phenoxy) is 3. The molecule has 0 bridgehead atoms. The van der Waals surface area contributed by atoms with E-state index in [9.17, 15) is 0 Å². The molecule has 0 amide bonds. The number of benzene rings is 1. The third-order valence-corrected chi connectivity index (χ3v) is 2.71. The van der Waals surface area contributed by atoms with E-state index in [2.05, 4.69) is 10.1 Å². The zero-order valence-corrected chi connectivity index (χ0v) is 10.3. The van der Waals surface area contributed by atoms with E-state index in [1.54, 1.807) is 30.3 Å². The molecule has 7 heteroatoms.